The molecule has 18 heavy (non-hydrogen) atoms. The Kier molecular flexibility index (Phi) is 5.59. The summed E-state index contributed by atoms with van der Waals surface area (Å²) in [5, 5.41) is 3.24. The maximum Gasteiger partial charge on any atom is 0.324 e. The standard InChI is InChI=1S/C13H23NO4/c1-4-17-11(15)13(3,12(16)18-5-2)10-8-6-7-9-14-10/h10,14H,4-9H2,1-3H3. The molecular formula is C13H23NO4. The van der Waals surface area contributed by atoms with Gasteiger partial charge in [0.15, 0.2) is 5.41 Å². The summed E-state index contributed by atoms with van der Waals surface area (Å²) in [4.78, 5) is 24.2. The molecule has 0 bridgehead atoms. The van der Waals surface area contributed by atoms with Gasteiger partial charge in [-0.25, -0.2) is 0 Å². The Bertz CT molecular complexity index is 279. The Morgan fingerprint density at radius 3 is 2.11 bits per heavy atom. The zero-order chi connectivity index (χ0) is 13.6. The highest BCUT2D eigenvalue weighted by Crippen LogP contribution is 2.30. The number of rotatable bonds is 5. The first-order valence-corrected chi connectivity index (χ1v) is 6.65. The summed E-state index contributed by atoms with van der Waals surface area (Å²) in [6.45, 7) is 6.43. The Hall–Kier alpha value is -1.10. The highest BCUT2D eigenvalue weighted by molar-refractivity contribution is 6.00. The Balaban J connectivity index is 2.91. The third-order valence-electron chi connectivity index (χ3n) is 3.41. The van der Waals surface area contributed by atoms with Crippen LogP contribution in [0.2, 0.25) is 0 Å². The molecule has 0 radical (unpaired) electrons. The first-order valence-electron chi connectivity index (χ1n) is 6.65. The van der Waals surface area contributed by atoms with Crippen LogP contribution in [0.4, 0.5) is 0 Å². The molecule has 1 aliphatic rings. The fourth-order valence-corrected chi connectivity index (χ4v) is 2.27. The second-order valence-corrected chi connectivity index (χ2v) is 4.65. The van der Waals surface area contributed by atoms with Gasteiger partial charge in [-0.1, -0.05) is 6.42 Å². The molecule has 1 unspecified atom stereocenters. The Morgan fingerprint density at radius 1 is 1.17 bits per heavy atom. The van der Waals surface area contributed by atoms with E-state index in [0.29, 0.717) is 0 Å². The number of carbonyl (C=O) groups excluding carboxylic acids is 2. The molecule has 5 nitrogen and oxygen atoms in total. The molecule has 0 amide bonds. The van der Waals surface area contributed by atoms with Gasteiger partial charge < -0.3 is 14.8 Å². The summed E-state index contributed by atoms with van der Waals surface area (Å²) in [5.41, 5.74) is -1.24. The van der Waals surface area contributed by atoms with Crippen LogP contribution < -0.4 is 5.32 Å². The predicted octanol–water partition coefficient (Wildman–Crippen LogP) is 1.26. The molecule has 0 aromatic rings. The van der Waals surface area contributed by atoms with Gasteiger partial charge in [0.1, 0.15) is 0 Å². The van der Waals surface area contributed by atoms with Gasteiger partial charge in [0, 0.05) is 6.04 Å². The topological polar surface area (TPSA) is 64.6 Å². The van der Waals surface area contributed by atoms with Crippen molar-refractivity contribution in [2.75, 3.05) is 19.8 Å². The minimum absolute atomic E-state index is 0.204. The zero-order valence-electron chi connectivity index (χ0n) is 11.5. The fourth-order valence-electron chi connectivity index (χ4n) is 2.27. The molecule has 1 rings (SSSR count). The van der Waals surface area contributed by atoms with Crippen LogP contribution in [-0.4, -0.2) is 37.7 Å². The monoisotopic (exact) mass is 257 g/mol. The van der Waals surface area contributed by atoms with Gasteiger partial charge in [-0.05, 0) is 40.2 Å². The summed E-state index contributed by atoms with van der Waals surface area (Å²) >= 11 is 0. The van der Waals surface area contributed by atoms with Crippen LogP contribution in [0.5, 0.6) is 0 Å². The van der Waals surface area contributed by atoms with E-state index in [9.17, 15) is 9.59 Å². The quantitative estimate of drug-likeness (QED) is 0.593. The summed E-state index contributed by atoms with van der Waals surface area (Å²) in [5.74, 6) is -0.995. The molecule has 0 aromatic carbocycles. The lowest BCUT2D eigenvalue weighted by molar-refractivity contribution is -0.173. The van der Waals surface area contributed by atoms with Gasteiger partial charge in [-0.2, -0.15) is 0 Å². The largest absolute Gasteiger partial charge is 0.465 e. The maximum absolute atomic E-state index is 12.1. The molecule has 1 saturated heterocycles. The lowest BCUT2D eigenvalue weighted by atomic mass is 9.78. The van der Waals surface area contributed by atoms with Gasteiger partial charge in [-0.3, -0.25) is 9.59 Å². The molecule has 1 N–H and O–H groups in total. The molecular weight excluding hydrogens is 234 g/mol. The van der Waals surface area contributed by atoms with Crippen molar-refractivity contribution in [2.24, 2.45) is 5.41 Å². The summed E-state index contributed by atoms with van der Waals surface area (Å²) < 4.78 is 10.1. The van der Waals surface area contributed by atoms with E-state index >= 15 is 0 Å². The molecule has 1 heterocycles. The van der Waals surface area contributed by atoms with Crippen molar-refractivity contribution < 1.29 is 19.1 Å². The van der Waals surface area contributed by atoms with Crippen molar-refractivity contribution in [3.05, 3.63) is 0 Å². The zero-order valence-corrected chi connectivity index (χ0v) is 11.5. The lowest BCUT2D eigenvalue weighted by Gasteiger charge is -2.36. The van der Waals surface area contributed by atoms with E-state index in [1.807, 2.05) is 0 Å². The van der Waals surface area contributed by atoms with Gasteiger partial charge in [0.05, 0.1) is 13.2 Å². The van der Waals surface area contributed by atoms with E-state index in [0.717, 1.165) is 25.8 Å². The predicted molar refractivity (Wildman–Crippen MR) is 67.0 cm³/mol. The first-order chi connectivity index (χ1) is 8.57. The molecule has 104 valence electrons. The van der Waals surface area contributed by atoms with Crippen molar-refractivity contribution in [3.8, 4) is 0 Å². The smallest absolute Gasteiger partial charge is 0.324 e. The second-order valence-electron chi connectivity index (χ2n) is 4.65. The average molecular weight is 257 g/mol. The Labute approximate surface area is 108 Å². The second kappa shape index (κ2) is 6.73. The van der Waals surface area contributed by atoms with E-state index in [4.69, 9.17) is 9.47 Å². The molecule has 0 saturated carbocycles. The molecule has 1 atom stereocenters. The van der Waals surface area contributed by atoms with Gasteiger partial charge in [0.2, 0.25) is 0 Å². The molecule has 5 heteroatoms. The van der Waals surface area contributed by atoms with Crippen LogP contribution in [0.1, 0.15) is 40.0 Å². The van der Waals surface area contributed by atoms with Gasteiger partial charge in [-0.15, -0.1) is 0 Å². The summed E-state index contributed by atoms with van der Waals surface area (Å²) in [6, 6.07) is -0.204. The van der Waals surface area contributed by atoms with Crippen LogP contribution in [-0.2, 0) is 19.1 Å². The number of carbonyl (C=O) groups is 2. The highest BCUT2D eigenvalue weighted by atomic mass is 16.6. The third kappa shape index (κ3) is 3.02. The normalized spacial score (nSPS) is 20.3. The first kappa shape index (κ1) is 15.0. The molecule has 0 aromatic heterocycles. The van der Waals surface area contributed by atoms with Crippen LogP contribution in [0.3, 0.4) is 0 Å². The number of esters is 2. The van der Waals surface area contributed by atoms with Crippen molar-refractivity contribution in [1.82, 2.24) is 5.32 Å². The molecule has 0 aliphatic carbocycles. The summed E-state index contributed by atoms with van der Waals surface area (Å²) in [7, 11) is 0. The lowest BCUT2D eigenvalue weighted by Crippen LogP contribution is -2.56. The van der Waals surface area contributed by atoms with Crippen LogP contribution in [0, 0.1) is 5.41 Å². The van der Waals surface area contributed by atoms with Gasteiger partial charge >= 0.3 is 11.9 Å². The third-order valence-corrected chi connectivity index (χ3v) is 3.41. The molecule has 1 fully saturated rings. The van der Waals surface area contributed by atoms with Crippen molar-refractivity contribution in [1.29, 1.82) is 0 Å². The maximum atomic E-state index is 12.1. The molecule has 0 spiro atoms. The number of hydrogen-bond donors (Lipinski definition) is 1. The number of ether oxygens (including phenoxy) is 2. The van der Waals surface area contributed by atoms with Crippen molar-refractivity contribution >= 4 is 11.9 Å². The fraction of sp³-hybridized carbons (Fsp3) is 0.846. The van der Waals surface area contributed by atoms with Gasteiger partial charge in [0.25, 0.3) is 0 Å². The van der Waals surface area contributed by atoms with E-state index < -0.39 is 17.4 Å². The number of hydrogen-bond acceptors (Lipinski definition) is 5. The van der Waals surface area contributed by atoms with Crippen LogP contribution >= 0.6 is 0 Å². The highest BCUT2D eigenvalue weighted by Gasteiger charge is 2.50. The van der Waals surface area contributed by atoms with E-state index in [1.54, 1.807) is 20.8 Å². The van der Waals surface area contributed by atoms with E-state index in [-0.39, 0.29) is 19.3 Å². The van der Waals surface area contributed by atoms with Crippen LogP contribution in [0.25, 0.3) is 0 Å². The summed E-state index contributed by atoms with van der Waals surface area (Å²) in [6.07, 6.45) is 2.86. The minimum atomic E-state index is -1.24. The van der Waals surface area contributed by atoms with Crippen LogP contribution in [0.15, 0.2) is 0 Å². The van der Waals surface area contributed by atoms with Crippen molar-refractivity contribution in [2.45, 2.75) is 46.1 Å². The Morgan fingerprint density at radius 2 is 1.72 bits per heavy atom. The SMILES string of the molecule is CCOC(=O)C(C)(C(=O)OCC)C1CCCCN1. The number of piperidine rings is 1. The van der Waals surface area contributed by atoms with Crippen molar-refractivity contribution in [3.63, 3.8) is 0 Å². The minimum Gasteiger partial charge on any atom is -0.465 e. The number of nitrogens with one attached hydrogen (secondary N) is 1. The average Bonchev–Trinajstić information content (AvgIpc) is 2.39. The molecule has 1 aliphatic heterocycles. The van der Waals surface area contributed by atoms with E-state index in [1.165, 1.54) is 0 Å². The van der Waals surface area contributed by atoms with E-state index in [2.05, 4.69) is 5.32 Å².